The number of likely N-dealkylation sites (N-methyl/N-ethyl adjacent to an activating group) is 1. The molecule has 1 aromatic rings. The van der Waals surface area contributed by atoms with Crippen molar-refractivity contribution in [1.29, 1.82) is 0 Å². The van der Waals surface area contributed by atoms with Crippen molar-refractivity contribution >= 4 is 17.5 Å². The molecular formula is C14H22ClN3O. The van der Waals surface area contributed by atoms with Gasteiger partial charge in [0, 0.05) is 23.8 Å². The van der Waals surface area contributed by atoms with E-state index >= 15 is 0 Å². The summed E-state index contributed by atoms with van der Waals surface area (Å²) in [6.07, 6.45) is 0. The summed E-state index contributed by atoms with van der Waals surface area (Å²) in [6, 6.07) is 3.63. The Balaban J connectivity index is 2.69. The molecule has 0 radical (unpaired) electrons. The van der Waals surface area contributed by atoms with Gasteiger partial charge in [-0.3, -0.25) is 4.79 Å². The molecule has 5 heteroatoms. The van der Waals surface area contributed by atoms with Crippen molar-refractivity contribution in [1.82, 2.24) is 15.2 Å². The topological polar surface area (TPSA) is 45.2 Å². The van der Waals surface area contributed by atoms with Gasteiger partial charge >= 0.3 is 0 Å². The zero-order valence-corrected chi connectivity index (χ0v) is 13.0. The number of nitrogens with one attached hydrogen (secondary N) is 1. The number of nitrogens with zero attached hydrogens (tertiary/aromatic N) is 2. The standard InChI is InChI=1S/C14H22ClN3O/c1-9(2)12(18(4)5)8-16-14(19)11-6-10(3)17-13(15)7-11/h6-7,9,12H,8H2,1-5H3,(H,16,19). The van der Waals surface area contributed by atoms with E-state index in [1.807, 2.05) is 21.0 Å². The predicted molar refractivity (Wildman–Crippen MR) is 78.6 cm³/mol. The lowest BCUT2D eigenvalue weighted by Gasteiger charge is -2.28. The highest BCUT2D eigenvalue weighted by Crippen LogP contribution is 2.11. The van der Waals surface area contributed by atoms with Gasteiger partial charge in [0.05, 0.1) is 0 Å². The Morgan fingerprint density at radius 3 is 2.53 bits per heavy atom. The molecule has 0 saturated heterocycles. The molecule has 1 atom stereocenters. The molecule has 1 amide bonds. The van der Waals surface area contributed by atoms with Gasteiger partial charge in [-0.25, -0.2) is 4.98 Å². The second-order valence-corrected chi connectivity index (χ2v) is 5.69. The van der Waals surface area contributed by atoms with Crippen LogP contribution < -0.4 is 5.32 Å². The van der Waals surface area contributed by atoms with E-state index in [-0.39, 0.29) is 5.91 Å². The van der Waals surface area contributed by atoms with E-state index in [9.17, 15) is 4.79 Å². The van der Waals surface area contributed by atoms with Crippen molar-refractivity contribution in [2.24, 2.45) is 5.92 Å². The third kappa shape index (κ3) is 4.80. The van der Waals surface area contributed by atoms with E-state index in [4.69, 9.17) is 11.6 Å². The number of aryl methyl sites for hydroxylation is 1. The maximum Gasteiger partial charge on any atom is 0.251 e. The van der Waals surface area contributed by atoms with Gasteiger partial charge < -0.3 is 10.2 Å². The minimum atomic E-state index is -0.111. The summed E-state index contributed by atoms with van der Waals surface area (Å²) >= 11 is 5.86. The van der Waals surface area contributed by atoms with Crippen LogP contribution in [0.4, 0.5) is 0 Å². The van der Waals surface area contributed by atoms with Gasteiger partial charge in [-0.15, -0.1) is 0 Å². The summed E-state index contributed by atoms with van der Waals surface area (Å²) in [7, 11) is 4.04. The second-order valence-electron chi connectivity index (χ2n) is 5.30. The molecular weight excluding hydrogens is 262 g/mol. The monoisotopic (exact) mass is 283 g/mol. The fourth-order valence-corrected chi connectivity index (χ4v) is 2.32. The Bertz CT molecular complexity index is 418. The first-order chi connectivity index (χ1) is 8.81. The fraction of sp³-hybridized carbons (Fsp3) is 0.571. The number of carbonyl (C=O) groups is 1. The Morgan fingerprint density at radius 1 is 1.42 bits per heavy atom. The zero-order valence-electron chi connectivity index (χ0n) is 12.2. The summed E-state index contributed by atoms with van der Waals surface area (Å²) < 4.78 is 0. The molecule has 0 bridgehead atoms. The highest BCUT2D eigenvalue weighted by molar-refractivity contribution is 6.29. The third-order valence-electron chi connectivity index (χ3n) is 3.09. The van der Waals surface area contributed by atoms with Crippen molar-refractivity contribution in [3.05, 3.63) is 28.5 Å². The normalized spacial score (nSPS) is 12.8. The Hall–Kier alpha value is -1.13. The molecule has 1 rings (SSSR count). The maximum atomic E-state index is 12.1. The number of aromatic nitrogens is 1. The minimum Gasteiger partial charge on any atom is -0.350 e. The quantitative estimate of drug-likeness (QED) is 0.844. The fourth-order valence-electron chi connectivity index (χ4n) is 2.07. The summed E-state index contributed by atoms with van der Waals surface area (Å²) in [5, 5.41) is 3.29. The molecule has 0 aliphatic rings. The SMILES string of the molecule is Cc1cc(C(=O)NCC(C(C)C)N(C)C)cc(Cl)n1. The van der Waals surface area contributed by atoms with Crippen LogP contribution in [0.25, 0.3) is 0 Å². The summed E-state index contributed by atoms with van der Waals surface area (Å²) in [6.45, 7) is 6.72. The van der Waals surface area contributed by atoms with E-state index in [0.717, 1.165) is 5.69 Å². The van der Waals surface area contributed by atoms with E-state index in [1.165, 1.54) is 0 Å². The zero-order chi connectivity index (χ0) is 14.6. The van der Waals surface area contributed by atoms with E-state index in [1.54, 1.807) is 12.1 Å². The van der Waals surface area contributed by atoms with Crippen molar-refractivity contribution in [2.75, 3.05) is 20.6 Å². The van der Waals surface area contributed by atoms with E-state index in [2.05, 4.69) is 29.0 Å². The highest BCUT2D eigenvalue weighted by atomic mass is 35.5. The lowest BCUT2D eigenvalue weighted by Crippen LogP contribution is -2.43. The highest BCUT2D eigenvalue weighted by Gasteiger charge is 2.17. The molecule has 1 unspecified atom stereocenters. The van der Waals surface area contributed by atoms with Crippen molar-refractivity contribution in [2.45, 2.75) is 26.8 Å². The lowest BCUT2D eigenvalue weighted by atomic mass is 10.0. The molecule has 0 aliphatic heterocycles. The number of amides is 1. The molecule has 0 saturated carbocycles. The number of halogens is 1. The molecule has 1 heterocycles. The van der Waals surface area contributed by atoms with Crippen LogP contribution in [0.5, 0.6) is 0 Å². The first kappa shape index (κ1) is 15.9. The Morgan fingerprint density at radius 2 is 2.05 bits per heavy atom. The Labute approximate surface area is 120 Å². The molecule has 1 aromatic heterocycles. The van der Waals surface area contributed by atoms with Gasteiger partial charge in [-0.05, 0) is 39.1 Å². The van der Waals surface area contributed by atoms with Crippen LogP contribution in [0, 0.1) is 12.8 Å². The minimum absolute atomic E-state index is 0.111. The number of pyridine rings is 1. The number of rotatable bonds is 5. The van der Waals surface area contributed by atoms with Crippen LogP contribution in [0.3, 0.4) is 0 Å². The molecule has 1 N–H and O–H groups in total. The molecule has 0 spiro atoms. The van der Waals surface area contributed by atoms with E-state index < -0.39 is 0 Å². The first-order valence-electron chi connectivity index (χ1n) is 6.40. The number of hydrogen-bond acceptors (Lipinski definition) is 3. The number of carbonyl (C=O) groups excluding carboxylic acids is 1. The second kappa shape index (κ2) is 6.87. The van der Waals surface area contributed by atoms with Crippen molar-refractivity contribution in [3.8, 4) is 0 Å². The largest absolute Gasteiger partial charge is 0.350 e. The van der Waals surface area contributed by atoms with Gasteiger partial charge in [-0.2, -0.15) is 0 Å². The van der Waals surface area contributed by atoms with E-state index in [0.29, 0.717) is 29.2 Å². The van der Waals surface area contributed by atoms with Crippen molar-refractivity contribution < 1.29 is 4.79 Å². The summed E-state index contributed by atoms with van der Waals surface area (Å²) in [5.74, 6) is 0.359. The van der Waals surface area contributed by atoms with Crippen LogP contribution in [0.2, 0.25) is 5.15 Å². The summed E-state index contributed by atoms with van der Waals surface area (Å²) in [4.78, 5) is 18.2. The smallest absolute Gasteiger partial charge is 0.251 e. The van der Waals surface area contributed by atoms with Crippen LogP contribution in [0.15, 0.2) is 12.1 Å². The van der Waals surface area contributed by atoms with Crippen LogP contribution in [-0.2, 0) is 0 Å². The van der Waals surface area contributed by atoms with Crippen LogP contribution in [-0.4, -0.2) is 42.5 Å². The first-order valence-corrected chi connectivity index (χ1v) is 6.78. The Kier molecular flexibility index (Phi) is 5.76. The molecule has 0 aliphatic carbocycles. The van der Waals surface area contributed by atoms with Gasteiger partial charge in [-0.1, -0.05) is 25.4 Å². The average molecular weight is 284 g/mol. The van der Waals surface area contributed by atoms with Crippen LogP contribution in [0.1, 0.15) is 29.9 Å². The molecule has 106 valence electrons. The van der Waals surface area contributed by atoms with Crippen LogP contribution >= 0.6 is 11.6 Å². The average Bonchev–Trinajstić information content (AvgIpc) is 2.26. The van der Waals surface area contributed by atoms with Gasteiger partial charge in [0.15, 0.2) is 0 Å². The van der Waals surface area contributed by atoms with Crippen molar-refractivity contribution in [3.63, 3.8) is 0 Å². The lowest BCUT2D eigenvalue weighted by molar-refractivity contribution is 0.0934. The predicted octanol–water partition coefficient (Wildman–Crippen LogP) is 2.36. The van der Waals surface area contributed by atoms with Gasteiger partial charge in [0.1, 0.15) is 5.15 Å². The maximum absolute atomic E-state index is 12.1. The molecule has 0 fully saturated rings. The third-order valence-corrected chi connectivity index (χ3v) is 3.28. The molecule has 4 nitrogen and oxygen atoms in total. The molecule has 19 heavy (non-hydrogen) atoms. The van der Waals surface area contributed by atoms with Gasteiger partial charge in [0.25, 0.3) is 5.91 Å². The van der Waals surface area contributed by atoms with Gasteiger partial charge in [0.2, 0.25) is 0 Å². The molecule has 0 aromatic carbocycles. The number of hydrogen-bond donors (Lipinski definition) is 1. The summed E-state index contributed by atoms with van der Waals surface area (Å²) in [5.41, 5.74) is 1.30.